The molecular formula is C36H52N8O4S. The first kappa shape index (κ1) is 37.8. The number of nitrogens with two attached hydrogens (primary N) is 2. The van der Waals surface area contributed by atoms with Crippen LogP contribution >= 0.6 is 0 Å². The van der Waals surface area contributed by atoms with Crippen molar-refractivity contribution in [2.24, 2.45) is 16.5 Å². The Kier molecular flexibility index (Phi) is 12.4. The van der Waals surface area contributed by atoms with Crippen molar-refractivity contribution < 1.29 is 13.2 Å². The Bertz CT molecular complexity index is 1860. The van der Waals surface area contributed by atoms with E-state index < -0.39 is 10.0 Å². The number of hydrogen-bond donors (Lipinski definition) is 5. The Labute approximate surface area is 289 Å². The highest BCUT2D eigenvalue weighted by Gasteiger charge is 2.23. The van der Waals surface area contributed by atoms with Crippen LogP contribution < -0.4 is 27.2 Å². The van der Waals surface area contributed by atoms with E-state index in [4.69, 9.17) is 16.2 Å². The number of aliphatic imine (C=N–C) groups is 1. The Balaban J connectivity index is 0.000000237. The maximum atomic E-state index is 12.5. The average Bonchev–Trinajstić information content (AvgIpc) is 3.47. The largest absolute Gasteiger partial charge is 0.381 e. The number of fused-ring (bicyclic) bond motifs is 1. The third-order valence-corrected chi connectivity index (χ3v) is 9.78. The predicted octanol–water partition coefficient (Wildman–Crippen LogP) is 4.21. The van der Waals surface area contributed by atoms with Gasteiger partial charge in [0.05, 0.1) is 10.6 Å². The zero-order valence-electron chi connectivity index (χ0n) is 29.5. The van der Waals surface area contributed by atoms with Crippen LogP contribution in [-0.4, -0.2) is 61.3 Å². The summed E-state index contributed by atoms with van der Waals surface area (Å²) in [5, 5.41) is 4.27. The minimum atomic E-state index is -3.43. The zero-order valence-corrected chi connectivity index (χ0v) is 30.4. The van der Waals surface area contributed by atoms with Crippen molar-refractivity contribution >= 4 is 27.0 Å². The number of aromatic nitrogens is 3. The number of benzene rings is 2. The fourth-order valence-electron chi connectivity index (χ4n) is 5.24. The van der Waals surface area contributed by atoms with E-state index >= 15 is 0 Å². The summed E-state index contributed by atoms with van der Waals surface area (Å²) in [4.78, 5) is 24.2. The second kappa shape index (κ2) is 16.1. The number of aromatic amines is 1. The van der Waals surface area contributed by atoms with Gasteiger partial charge >= 0.3 is 5.69 Å². The molecule has 0 spiro atoms. The molecule has 2 aromatic carbocycles. The van der Waals surface area contributed by atoms with Gasteiger partial charge in [0.1, 0.15) is 5.65 Å². The van der Waals surface area contributed by atoms with Gasteiger partial charge in [-0.1, -0.05) is 65.8 Å². The van der Waals surface area contributed by atoms with Gasteiger partial charge in [-0.3, -0.25) is 9.56 Å². The fourth-order valence-corrected chi connectivity index (χ4v) is 6.54. The van der Waals surface area contributed by atoms with E-state index in [1.54, 1.807) is 16.7 Å². The molecule has 0 atom stereocenters. The van der Waals surface area contributed by atoms with Crippen molar-refractivity contribution in [2.75, 3.05) is 26.3 Å². The normalized spacial score (nSPS) is 14.3. The number of guanidine groups is 1. The summed E-state index contributed by atoms with van der Waals surface area (Å²) >= 11 is 0. The third kappa shape index (κ3) is 11.0. The molecule has 49 heavy (non-hydrogen) atoms. The number of sulfonamides is 1. The molecule has 0 aliphatic carbocycles. The molecule has 2 aromatic heterocycles. The van der Waals surface area contributed by atoms with Gasteiger partial charge in [-0.05, 0) is 72.7 Å². The summed E-state index contributed by atoms with van der Waals surface area (Å²) in [5.74, 6) is 0.123. The van der Waals surface area contributed by atoms with Crippen LogP contribution in [0.1, 0.15) is 77.6 Å². The number of H-pyrrole nitrogens is 1. The van der Waals surface area contributed by atoms with E-state index in [0.717, 1.165) is 60.2 Å². The van der Waals surface area contributed by atoms with E-state index in [1.165, 1.54) is 0 Å². The fraction of sp³-hybridized carbons (Fsp3) is 0.472. The Morgan fingerprint density at radius 1 is 1.00 bits per heavy atom. The topological polar surface area (TPSA) is 183 Å². The summed E-state index contributed by atoms with van der Waals surface area (Å²) in [6, 6.07) is 17.1. The van der Waals surface area contributed by atoms with Gasteiger partial charge in [-0.15, -0.1) is 0 Å². The zero-order chi connectivity index (χ0) is 35.8. The maximum Gasteiger partial charge on any atom is 0.354 e. The van der Waals surface area contributed by atoms with Gasteiger partial charge < -0.3 is 26.5 Å². The van der Waals surface area contributed by atoms with Gasteiger partial charge in [0.2, 0.25) is 10.0 Å². The first-order chi connectivity index (χ1) is 23.0. The first-order valence-corrected chi connectivity index (χ1v) is 18.2. The molecule has 13 heteroatoms. The number of rotatable bonds is 10. The number of nitrogens with zero attached hydrogens (tertiary/aromatic N) is 3. The molecule has 0 saturated carbocycles. The molecule has 266 valence electrons. The quantitative estimate of drug-likeness (QED) is 0.0931. The van der Waals surface area contributed by atoms with Crippen LogP contribution in [0.15, 0.2) is 75.5 Å². The van der Waals surface area contributed by atoms with Gasteiger partial charge in [0.15, 0.2) is 5.96 Å². The predicted molar refractivity (Wildman–Crippen MR) is 197 cm³/mol. The number of nitrogens with one attached hydrogen (secondary N) is 3. The molecule has 0 bridgehead atoms. The van der Waals surface area contributed by atoms with Gasteiger partial charge in [-0.25, -0.2) is 17.9 Å². The lowest BCUT2D eigenvalue weighted by atomic mass is 9.87. The van der Waals surface area contributed by atoms with Gasteiger partial charge in [0, 0.05) is 55.0 Å². The molecule has 3 heterocycles. The van der Waals surface area contributed by atoms with Crippen LogP contribution in [0.3, 0.4) is 0 Å². The highest BCUT2D eigenvalue weighted by Crippen LogP contribution is 2.25. The Morgan fingerprint density at radius 3 is 2.24 bits per heavy atom. The van der Waals surface area contributed by atoms with E-state index in [1.807, 2.05) is 42.6 Å². The van der Waals surface area contributed by atoms with Gasteiger partial charge in [0.25, 0.3) is 0 Å². The lowest BCUT2D eigenvalue weighted by molar-refractivity contribution is 0.0832. The number of ether oxygens (including phenoxy) is 1. The Hall–Kier alpha value is -4.04. The lowest BCUT2D eigenvalue weighted by Gasteiger charge is -2.23. The van der Waals surface area contributed by atoms with E-state index in [2.05, 4.69) is 72.6 Å². The van der Waals surface area contributed by atoms with Crippen LogP contribution in [0.25, 0.3) is 16.7 Å². The molecule has 12 nitrogen and oxygen atoms in total. The molecule has 5 rings (SSSR count). The molecule has 0 unspecified atom stereocenters. The smallest absolute Gasteiger partial charge is 0.354 e. The van der Waals surface area contributed by atoms with Crippen molar-refractivity contribution in [3.63, 3.8) is 0 Å². The van der Waals surface area contributed by atoms with Crippen LogP contribution in [0.2, 0.25) is 0 Å². The minimum Gasteiger partial charge on any atom is -0.381 e. The van der Waals surface area contributed by atoms with Gasteiger partial charge in [-0.2, -0.15) is 4.98 Å². The summed E-state index contributed by atoms with van der Waals surface area (Å²) in [6.07, 6.45) is 4.18. The van der Waals surface area contributed by atoms with E-state index in [9.17, 15) is 13.2 Å². The van der Waals surface area contributed by atoms with Crippen LogP contribution in [0, 0.1) is 0 Å². The molecule has 1 saturated heterocycles. The molecular weight excluding hydrogens is 641 g/mol. The van der Waals surface area contributed by atoms with E-state index in [-0.39, 0.29) is 28.5 Å². The van der Waals surface area contributed by atoms with E-state index in [0.29, 0.717) is 30.3 Å². The maximum absolute atomic E-state index is 12.5. The SMILES string of the molecule is CC(C)(C)c1cc2cn(-c3ccc(CNCCCN=C(N)N)cc3)c(=O)nc2[nH]1.CC(C)(C)c1ccc(S(=O)(=O)NC2CCOCC2)cc1. The molecule has 4 aromatic rings. The Morgan fingerprint density at radius 2 is 1.65 bits per heavy atom. The van der Waals surface area contributed by atoms with Crippen molar-refractivity contribution in [2.45, 2.75) is 89.1 Å². The highest BCUT2D eigenvalue weighted by molar-refractivity contribution is 7.89. The average molecular weight is 693 g/mol. The molecule has 7 N–H and O–H groups in total. The summed E-state index contributed by atoms with van der Waals surface area (Å²) in [6.45, 7) is 16.1. The van der Waals surface area contributed by atoms with Crippen LogP contribution in [0.4, 0.5) is 0 Å². The summed E-state index contributed by atoms with van der Waals surface area (Å²) < 4.78 is 34.2. The standard InChI is InChI=1S/C21H29N7O.C15H23NO3S/c1-21(2,3)17-11-15-13-28(20(29)27-18(15)26-17)16-7-5-14(6-8-16)12-24-9-4-10-25-19(22)23;1-15(2,3)12-4-6-14(7-5-12)20(17,18)16-13-8-10-19-11-9-13/h5-8,11,13,24H,4,9-10,12H2,1-3H3,(H4,22,23,25)(H,26,27,29);4-7,13,16H,8-11H2,1-3H3. The monoisotopic (exact) mass is 692 g/mol. The first-order valence-electron chi connectivity index (χ1n) is 16.7. The molecule has 0 amide bonds. The summed E-state index contributed by atoms with van der Waals surface area (Å²) in [7, 11) is -3.43. The molecule has 1 aliphatic heterocycles. The molecule has 1 aliphatic rings. The second-order valence-electron chi connectivity index (χ2n) is 14.4. The third-order valence-electron chi connectivity index (χ3n) is 8.24. The number of hydrogen-bond acceptors (Lipinski definition) is 7. The van der Waals surface area contributed by atoms with Crippen molar-refractivity contribution in [3.05, 3.63) is 88.1 Å². The second-order valence-corrected chi connectivity index (χ2v) is 16.1. The van der Waals surface area contributed by atoms with Crippen LogP contribution in [0.5, 0.6) is 0 Å². The van der Waals surface area contributed by atoms with Crippen LogP contribution in [-0.2, 0) is 32.1 Å². The lowest BCUT2D eigenvalue weighted by Crippen LogP contribution is -2.38. The molecule has 0 radical (unpaired) electrons. The van der Waals surface area contributed by atoms with Crippen molar-refractivity contribution in [3.8, 4) is 5.69 Å². The molecule has 1 fully saturated rings. The summed E-state index contributed by atoms with van der Waals surface area (Å²) in [5.41, 5.74) is 15.0. The minimum absolute atomic E-state index is 0.0176. The van der Waals surface area contributed by atoms with Crippen molar-refractivity contribution in [1.82, 2.24) is 24.6 Å². The van der Waals surface area contributed by atoms with Crippen molar-refractivity contribution in [1.29, 1.82) is 0 Å². The highest BCUT2D eigenvalue weighted by atomic mass is 32.2.